The third-order valence-electron chi connectivity index (χ3n) is 3.90. The topological polar surface area (TPSA) is 101 Å². The lowest BCUT2D eigenvalue weighted by molar-refractivity contribution is 0.0952. The summed E-state index contributed by atoms with van der Waals surface area (Å²) in [6, 6.07) is 13.8. The summed E-state index contributed by atoms with van der Waals surface area (Å²) in [4.78, 5) is 36.1. The quantitative estimate of drug-likeness (QED) is 0.595. The Balaban J connectivity index is 1.61. The first kappa shape index (κ1) is 19.2. The van der Waals surface area contributed by atoms with E-state index in [-0.39, 0.29) is 17.2 Å². The molecule has 0 atom stereocenters. The number of anilines is 1. The molecular weight excluding hydrogens is 381 g/mol. The van der Waals surface area contributed by atoms with Crippen LogP contribution in [0.4, 0.5) is 10.1 Å². The Morgan fingerprint density at radius 1 is 1.00 bits per heavy atom. The maximum Gasteiger partial charge on any atom is 0.261 e. The van der Waals surface area contributed by atoms with E-state index in [1.807, 2.05) is 5.38 Å². The number of carbonyl (C=O) groups excluding carboxylic acids is 3. The van der Waals surface area contributed by atoms with Crippen molar-refractivity contribution in [3.05, 3.63) is 87.4 Å². The van der Waals surface area contributed by atoms with E-state index < -0.39 is 17.6 Å². The number of nitrogens with two attached hydrogens (primary N) is 1. The van der Waals surface area contributed by atoms with Gasteiger partial charge in [0.25, 0.3) is 17.7 Å². The van der Waals surface area contributed by atoms with Crippen LogP contribution < -0.4 is 16.4 Å². The molecule has 0 bridgehead atoms. The Kier molecular flexibility index (Phi) is 5.81. The second kappa shape index (κ2) is 8.45. The van der Waals surface area contributed by atoms with E-state index in [1.165, 1.54) is 23.5 Å². The molecule has 3 aromatic rings. The summed E-state index contributed by atoms with van der Waals surface area (Å²) in [5.41, 5.74) is 6.27. The molecule has 0 saturated heterocycles. The molecule has 1 heterocycles. The summed E-state index contributed by atoms with van der Waals surface area (Å²) in [6.07, 6.45) is 0. The molecule has 0 aliphatic rings. The number of rotatable bonds is 6. The minimum atomic E-state index is -0.914. The van der Waals surface area contributed by atoms with E-state index in [4.69, 9.17) is 5.73 Å². The smallest absolute Gasteiger partial charge is 0.261 e. The van der Waals surface area contributed by atoms with Crippen LogP contribution in [-0.4, -0.2) is 17.7 Å². The van der Waals surface area contributed by atoms with E-state index in [0.29, 0.717) is 17.0 Å². The number of halogens is 1. The molecule has 28 heavy (non-hydrogen) atoms. The van der Waals surface area contributed by atoms with E-state index in [9.17, 15) is 18.8 Å². The molecule has 1 aromatic heterocycles. The predicted molar refractivity (Wildman–Crippen MR) is 105 cm³/mol. The fourth-order valence-corrected chi connectivity index (χ4v) is 3.09. The van der Waals surface area contributed by atoms with Crippen molar-refractivity contribution in [2.45, 2.75) is 6.54 Å². The minimum absolute atomic E-state index is 0.154. The van der Waals surface area contributed by atoms with Crippen LogP contribution in [0.3, 0.4) is 0 Å². The zero-order valence-electron chi connectivity index (χ0n) is 14.6. The molecule has 3 rings (SSSR count). The highest BCUT2D eigenvalue weighted by atomic mass is 32.1. The molecule has 8 heteroatoms. The van der Waals surface area contributed by atoms with Gasteiger partial charge in [-0.2, -0.15) is 0 Å². The van der Waals surface area contributed by atoms with Gasteiger partial charge in [-0.15, -0.1) is 11.3 Å². The molecular formula is C20H16FN3O3S. The SMILES string of the molecule is NC(=O)c1cc(NC(=O)c2ccc(CNC(=O)c3cccs3)cc2)ccc1F. The highest BCUT2D eigenvalue weighted by Crippen LogP contribution is 2.16. The highest BCUT2D eigenvalue weighted by Gasteiger charge is 2.12. The summed E-state index contributed by atoms with van der Waals surface area (Å²) in [7, 11) is 0. The Bertz CT molecular complexity index is 1020. The fraction of sp³-hybridized carbons (Fsp3) is 0.0500. The average Bonchev–Trinajstić information content (AvgIpc) is 3.22. The van der Waals surface area contributed by atoms with Gasteiger partial charge in [-0.25, -0.2) is 4.39 Å². The van der Waals surface area contributed by atoms with E-state index >= 15 is 0 Å². The van der Waals surface area contributed by atoms with Gasteiger partial charge in [-0.3, -0.25) is 14.4 Å². The van der Waals surface area contributed by atoms with Crippen LogP contribution in [0, 0.1) is 5.82 Å². The lowest BCUT2D eigenvalue weighted by Crippen LogP contribution is -2.21. The van der Waals surface area contributed by atoms with Gasteiger partial charge in [-0.1, -0.05) is 18.2 Å². The van der Waals surface area contributed by atoms with Gasteiger partial charge in [0.1, 0.15) is 5.82 Å². The Hall–Kier alpha value is -3.52. The molecule has 0 fully saturated rings. The molecule has 0 spiro atoms. The second-order valence-corrected chi connectivity index (χ2v) is 6.82. The number of primary amides is 1. The van der Waals surface area contributed by atoms with Crippen molar-refractivity contribution in [2.75, 3.05) is 5.32 Å². The van der Waals surface area contributed by atoms with E-state index in [0.717, 1.165) is 11.6 Å². The molecule has 0 saturated carbocycles. The van der Waals surface area contributed by atoms with Crippen molar-refractivity contribution in [3.63, 3.8) is 0 Å². The molecule has 142 valence electrons. The number of hydrogen-bond acceptors (Lipinski definition) is 4. The molecule has 0 aliphatic heterocycles. The summed E-state index contributed by atoms with van der Waals surface area (Å²) in [5, 5.41) is 7.22. The van der Waals surface area contributed by atoms with Gasteiger partial charge in [0, 0.05) is 17.8 Å². The number of amides is 3. The summed E-state index contributed by atoms with van der Waals surface area (Å²) < 4.78 is 13.5. The van der Waals surface area contributed by atoms with E-state index in [1.54, 1.807) is 36.4 Å². The Morgan fingerprint density at radius 2 is 1.75 bits per heavy atom. The van der Waals surface area contributed by atoms with Crippen LogP contribution in [-0.2, 0) is 6.54 Å². The summed E-state index contributed by atoms with van der Waals surface area (Å²) in [5.74, 6) is -2.24. The molecule has 6 nitrogen and oxygen atoms in total. The molecule has 4 N–H and O–H groups in total. The molecule has 0 radical (unpaired) electrons. The van der Waals surface area contributed by atoms with Crippen molar-refractivity contribution in [3.8, 4) is 0 Å². The van der Waals surface area contributed by atoms with Crippen LogP contribution in [0.25, 0.3) is 0 Å². The zero-order chi connectivity index (χ0) is 20.1. The van der Waals surface area contributed by atoms with Crippen molar-refractivity contribution in [2.24, 2.45) is 5.73 Å². The number of hydrogen-bond donors (Lipinski definition) is 3. The zero-order valence-corrected chi connectivity index (χ0v) is 15.4. The lowest BCUT2D eigenvalue weighted by Gasteiger charge is -2.08. The maximum atomic E-state index is 13.5. The first-order chi connectivity index (χ1) is 13.4. The second-order valence-electron chi connectivity index (χ2n) is 5.87. The standard InChI is InChI=1S/C20H16FN3O3S/c21-16-8-7-14(10-15(16)18(22)25)24-19(26)13-5-3-12(4-6-13)11-23-20(27)17-2-1-9-28-17/h1-10H,11H2,(H2,22,25)(H,23,27)(H,24,26). The maximum absolute atomic E-state index is 13.5. The summed E-state index contributed by atoms with van der Waals surface area (Å²) in [6.45, 7) is 0.332. The Morgan fingerprint density at radius 3 is 2.39 bits per heavy atom. The normalized spacial score (nSPS) is 10.3. The molecule has 2 aromatic carbocycles. The van der Waals surface area contributed by atoms with Crippen molar-refractivity contribution in [1.29, 1.82) is 0 Å². The number of carbonyl (C=O) groups is 3. The monoisotopic (exact) mass is 397 g/mol. The molecule has 0 aliphatic carbocycles. The summed E-state index contributed by atoms with van der Waals surface area (Å²) >= 11 is 1.36. The van der Waals surface area contributed by atoms with Crippen molar-refractivity contribution in [1.82, 2.24) is 5.32 Å². The van der Waals surface area contributed by atoms with Crippen LogP contribution in [0.15, 0.2) is 60.0 Å². The van der Waals surface area contributed by atoms with Gasteiger partial charge >= 0.3 is 0 Å². The first-order valence-corrected chi connectivity index (χ1v) is 9.13. The third kappa shape index (κ3) is 4.60. The number of thiophene rings is 1. The largest absolute Gasteiger partial charge is 0.366 e. The van der Waals surface area contributed by atoms with E-state index in [2.05, 4.69) is 10.6 Å². The predicted octanol–water partition coefficient (Wildman–Crippen LogP) is 3.17. The van der Waals surface area contributed by atoms with Crippen molar-refractivity contribution >= 4 is 34.7 Å². The van der Waals surface area contributed by atoms with Gasteiger partial charge in [-0.05, 0) is 47.3 Å². The fourth-order valence-electron chi connectivity index (χ4n) is 2.45. The number of benzene rings is 2. The minimum Gasteiger partial charge on any atom is -0.366 e. The third-order valence-corrected chi connectivity index (χ3v) is 4.77. The van der Waals surface area contributed by atoms with Crippen molar-refractivity contribution < 1.29 is 18.8 Å². The molecule has 0 unspecified atom stereocenters. The van der Waals surface area contributed by atoms with Crippen LogP contribution in [0.5, 0.6) is 0 Å². The van der Waals surface area contributed by atoms with Gasteiger partial charge in [0.05, 0.1) is 10.4 Å². The highest BCUT2D eigenvalue weighted by molar-refractivity contribution is 7.12. The van der Waals surface area contributed by atoms with Crippen LogP contribution >= 0.6 is 11.3 Å². The Labute approximate surface area is 164 Å². The van der Waals surface area contributed by atoms with Gasteiger partial charge in [0.15, 0.2) is 0 Å². The van der Waals surface area contributed by atoms with Gasteiger partial charge < -0.3 is 16.4 Å². The first-order valence-electron chi connectivity index (χ1n) is 8.25. The lowest BCUT2D eigenvalue weighted by atomic mass is 10.1. The average molecular weight is 397 g/mol. The molecule has 3 amide bonds. The van der Waals surface area contributed by atoms with Crippen LogP contribution in [0.1, 0.15) is 36.0 Å². The van der Waals surface area contributed by atoms with Crippen LogP contribution in [0.2, 0.25) is 0 Å². The van der Waals surface area contributed by atoms with Gasteiger partial charge in [0.2, 0.25) is 0 Å². The number of nitrogens with one attached hydrogen (secondary N) is 2.